The Hall–Kier alpha value is -2.84. The molecule has 2 nitrogen and oxygen atoms in total. The summed E-state index contributed by atoms with van der Waals surface area (Å²) in [7, 11) is 0. The van der Waals surface area contributed by atoms with Crippen LogP contribution in [0.2, 0.25) is 0 Å². The maximum absolute atomic E-state index is 6.10. The number of hydrogen-bond acceptors (Lipinski definition) is 2. The number of allylic oxidation sites excluding steroid dienone is 1. The molecule has 1 heterocycles. The van der Waals surface area contributed by atoms with Gasteiger partial charge in [-0.05, 0) is 46.0 Å². The van der Waals surface area contributed by atoms with Gasteiger partial charge in [0.15, 0.2) is 0 Å². The van der Waals surface area contributed by atoms with Gasteiger partial charge in [0.25, 0.3) is 0 Å². The molecule has 3 aromatic carbocycles. The van der Waals surface area contributed by atoms with Crippen molar-refractivity contribution in [2.24, 2.45) is 5.73 Å². The van der Waals surface area contributed by atoms with Gasteiger partial charge >= 0.3 is 0 Å². The molecule has 2 N–H and O–H groups in total. The summed E-state index contributed by atoms with van der Waals surface area (Å²) in [5.41, 5.74) is 11.8. The van der Waals surface area contributed by atoms with Crippen LogP contribution >= 0.6 is 0 Å². The maximum atomic E-state index is 6.10. The Balaban J connectivity index is 1.77. The summed E-state index contributed by atoms with van der Waals surface area (Å²) < 4.78 is 6.10. The van der Waals surface area contributed by atoms with Crippen molar-refractivity contribution in [1.82, 2.24) is 0 Å². The number of hydrogen-bond donors (Lipinski definition) is 1. The van der Waals surface area contributed by atoms with Crippen LogP contribution in [0.5, 0.6) is 0 Å². The van der Waals surface area contributed by atoms with Crippen LogP contribution in [-0.4, -0.2) is 6.54 Å². The molecule has 0 radical (unpaired) electrons. The third kappa shape index (κ3) is 2.22. The van der Waals surface area contributed by atoms with Gasteiger partial charge < -0.3 is 10.2 Å². The van der Waals surface area contributed by atoms with Gasteiger partial charge in [0.1, 0.15) is 11.3 Å². The number of rotatable bonds is 2. The Bertz CT molecular complexity index is 1130. The molecule has 5 rings (SSSR count). The highest BCUT2D eigenvalue weighted by Crippen LogP contribution is 2.38. The molecule has 0 spiro atoms. The monoisotopic (exact) mass is 325 g/mol. The van der Waals surface area contributed by atoms with Crippen molar-refractivity contribution in [3.63, 3.8) is 0 Å². The van der Waals surface area contributed by atoms with Gasteiger partial charge in [0.05, 0.1) is 0 Å². The van der Waals surface area contributed by atoms with Crippen molar-refractivity contribution in [2.45, 2.75) is 12.8 Å². The van der Waals surface area contributed by atoms with Gasteiger partial charge in [-0.3, -0.25) is 0 Å². The highest BCUT2D eigenvalue weighted by atomic mass is 16.3. The van der Waals surface area contributed by atoms with Crippen molar-refractivity contribution < 1.29 is 4.42 Å². The summed E-state index contributed by atoms with van der Waals surface area (Å²) in [6, 6.07) is 21.5. The van der Waals surface area contributed by atoms with E-state index in [0.717, 1.165) is 24.2 Å². The molecule has 0 fully saturated rings. The normalized spacial score (nSPS) is 13.9. The highest BCUT2D eigenvalue weighted by molar-refractivity contribution is 6.01. The van der Waals surface area contributed by atoms with Crippen molar-refractivity contribution in [1.29, 1.82) is 0 Å². The van der Waals surface area contributed by atoms with Gasteiger partial charge in [-0.15, -0.1) is 0 Å². The maximum Gasteiger partial charge on any atom is 0.134 e. The molecule has 0 saturated carbocycles. The minimum Gasteiger partial charge on any atom is -0.460 e. The average molecular weight is 325 g/mol. The second kappa shape index (κ2) is 5.61. The zero-order chi connectivity index (χ0) is 16.8. The largest absolute Gasteiger partial charge is 0.460 e. The van der Waals surface area contributed by atoms with E-state index in [1.807, 2.05) is 0 Å². The van der Waals surface area contributed by atoms with E-state index in [1.54, 1.807) is 0 Å². The number of nitrogens with two attached hydrogens (primary N) is 1. The Morgan fingerprint density at radius 2 is 1.80 bits per heavy atom. The van der Waals surface area contributed by atoms with Crippen molar-refractivity contribution in [2.75, 3.05) is 6.54 Å². The van der Waals surface area contributed by atoms with Crippen LogP contribution in [0.15, 0.2) is 71.2 Å². The first-order valence-electron chi connectivity index (χ1n) is 8.78. The first kappa shape index (κ1) is 14.5. The van der Waals surface area contributed by atoms with Crippen molar-refractivity contribution in [3.05, 3.63) is 78.1 Å². The lowest BCUT2D eigenvalue weighted by atomic mass is 9.92. The highest BCUT2D eigenvalue weighted by Gasteiger charge is 2.20. The lowest BCUT2D eigenvalue weighted by Crippen LogP contribution is -2.06. The van der Waals surface area contributed by atoms with Crippen molar-refractivity contribution in [3.8, 4) is 11.1 Å². The van der Waals surface area contributed by atoms with Gasteiger partial charge in [-0.2, -0.15) is 0 Å². The van der Waals surface area contributed by atoms with E-state index in [-0.39, 0.29) is 0 Å². The number of benzene rings is 3. The molecule has 122 valence electrons. The summed E-state index contributed by atoms with van der Waals surface area (Å²) in [6.45, 7) is 0.556. The molecule has 2 heteroatoms. The molecule has 0 unspecified atom stereocenters. The van der Waals surface area contributed by atoms with E-state index in [1.165, 1.54) is 38.4 Å². The molecule has 0 bridgehead atoms. The Morgan fingerprint density at radius 1 is 0.920 bits per heavy atom. The lowest BCUT2D eigenvalue weighted by Gasteiger charge is -2.11. The molecular weight excluding hydrogens is 306 g/mol. The van der Waals surface area contributed by atoms with E-state index in [0.29, 0.717) is 6.54 Å². The Labute approximate surface area is 146 Å². The van der Waals surface area contributed by atoms with Crippen LogP contribution in [0.3, 0.4) is 0 Å². The first-order valence-corrected chi connectivity index (χ1v) is 8.78. The number of furan rings is 1. The van der Waals surface area contributed by atoms with Crippen LogP contribution in [-0.2, 0) is 6.42 Å². The molecule has 1 aromatic heterocycles. The average Bonchev–Trinajstić information content (AvgIpc) is 3.05. The molecule has 0 saturated heterocycles. The molecule has 1 aliphatic rings. The van der Waals surface area contributed by atoms with Crippen LogP contribution < -0.4 is 5.73 Å². The van der Waals surface area contributed by atoms with Gasteiger partial charge in [0.2, 0.25) is 0 Å². The summed E-state index contributed by atoms with van der Waals surface area (Å²) in [6.07, 6.45) is 4.22. The summed E-state index contributed by atoms with van der Waals surface area (Å²) in [5.74, 6) is 1.08. The van der Waals surface area contributed by atoms with E-state index < -0.39 is 0 Å². The topological polar surface area (TPSA) is 39.2 Å². The Kier molecular flexibility index (Phi) is 3.25. The second-order valence-corrected chi connectivity index (χ2v) is 6.61. The molecule has 4 aromatic rings. The predicted molar refractivity (Wildman–Crippen MR) is 105 cm³/mol. The minimum atomic E-state index is 0.556. The zero-order valence-electron chi connectivity index (χ0n) is 14.0. The molecule has 1 aliphatic carbocycles. The molecule has 0 atom stereocenters. The van der Waals surface area contributed by atoms with Crippen molar-refractivity contribution >= 4 is 27.3 Å². The van der Waals surface area contributed by atoms with Crippen LogP contribution in [0.25, 0.3) is 38.4 Å². The fraction of sp³-hybridized carbons (Fsp3) is 0.130. The molecule has 0 amide bonds. The summed E-state index contributed by atoms with van der Waals surface area (Å²) >= 11 is 0. The summed E-state index contributed by atoms with van der Waals surface area (Å²) in [4.78, 5) is 0. The van der Waals surface area contributed by atoms with Gasteiger partial charge in [-0.1, -0.05) is 54.6 Å². The van der Waals surface area contributed by atoms with Crippen LogP contribution in [0.1, 0.15) is 17.7 Å². The second-order valence-electron chi connectivity index (χ2n) is 6.61. The Morgan fingerprint density at radius 3 is 2.72 bits per heavy atom. The SMILES string of the molecule is NCC1=CCCc2oc3ccc(-c4cccc5ccccc45)cc3c21. The fourth-order valence-corrected chi connectivity index (χ4v) is 3.99. The van der Waals surface area contributed by atoms with Crippen LogP contribution in [0.4, 0.5) is 0 Å². The van der Waals surface area contributed by atoms with E-state index in [9.17, 15) is 0 Å². The van der Waals surface area contributed by atoms with E-state index in [2.05, 4.69) is 66.7 Å². The molecule has 0 aliphatic heterocycles. The number of aryl methyl sites for hydroxylation is 1. The predicted octanol–water partition coefficient (Wildman–Crippen LogP) is 5.54. The molecular formula is C23H19NO. The number of fused-ring (bicyclic) bond motifs is 4. The van der Waals surface area contributed by atoms with E-state index in [4.69, 9.17) is 10.2 Å². The third-order valence-corrected chi connectivity index (χ3v) is 5.16. The zero-order valence-corrected chi connectivity index (χ0v) is 14.0. The molecule has 25 heavy (non-hydrogen) atoms. The lowest BCUT2D eigenvalue weighted by molar-refractivity contribution is 0.545. The minimum absolute atomic E-state index is 0.556. The van der Waals surface area contributed by atoms with E-state index >= 15 is 0 Å². The standard InChI is InChI=1S/C23H19NO/c24-14-17-7-4-10-22-23(17)20-13-16(11-12-21(20)25-22)19-9-3-6-15-5-1-2-8-18(15)19/h1-3,5-9,11-13H,4,10,14,24H2. The quantitative estimate of drug-likeness (QED) is 0.525. The first-order chi connectivity index (χ1) is 12.3. The third-order valence-electron chi connectivity index (χ3n) is 5.16. The fourth-order valence-electron chi connectivity index (χ4n) is 3.99. The smallest absolute Gasteiger partial charge is 0.134 e. The summed E-state index contributed by atoms with van der Waals surface area (Å²) in [5, 5.41) is 3.71. The van der Waals surface area contributed by atoms with Gasteiger partial charge in [0, 0.05) is 23.9 Å². The van der Waals surface area contributed by atoms with Gasteiger partial charge in [-0.25, -0.2) is 0 Å². The van der Waals surface area contributed by atoms with Crippen LogP contribution in [0, 0.1) is 0 Å².